The molecule has 0 aromatic heterocycles. The van der Waals surface area contributed by atoms with Gasteiger partial charge in [-0.25, -0.2) is 0 Å². The number of anilines is 1. The summed E-state index contributed by atoms with van der Waals surface area (Å²) in [4.78, 5) is 25.7. The average Bonchev–Trinajstić information content (AvgIpc) is 2.85. The molecule has 2 N–H and O–H groups in total. The molecule has 2 aliphatic rings. The quantitative estimate of drug-likeness (QED) is 0.488. The van der Waals surface area contributed by atoms with E-state index in [4.69, 9.17) is 16.3 Å². The molecule has 1 atom stereocenters. The smallest absolute Gasteiger partial charge is 0.234 e. The minimum atomic E-state index is -0.534. The molecule has 0 fully saturated rings. The second kappa shape index (κ2) is 11.0. The van der Waals surface area contributed by atoms with Crippen molar-refractivity contribution < 1.29 is 14.3 Å². The van der Waals surface area contributed by atoms with Crippen LogP contribution in [0.2, 0.25) is 5.02 Å². The van der Waals surface area contributed by atoms with E-state index in [0.717, 1.165) is 23.2 Å². The van der Waals surface area contributed by atoms with Crippen LogP contribution in [0, 0.1) is 18.3 Å². The van der Waals surface area contributed by atoms with E-state index >= 15 is 0 Å². The molecule has 4 rings (SSSR count). The number of para-hydroxylation sites is 1. The summed E-state index contributed by atoms with van der Waals surface area (Å²) in [5, 5.41) is 17.5. The lowest BCUT2D eigenvalue weighted by Gasteiger charge is -2.33. The zero-order chi connectivity index (χ0) is 24.9. The van der Waals surface area contributed by atoms with Crippen LogP contribution in [-0.4, -0.2) is 24.1 Å². The largest absolute Gasteiger partial charge is 0.494 e. The Morgan fingerprint density at radius 3 is 2.83 bits per heavy atom. The van der Waals surface area contributed by atoms with E-state index in [1.54, 1.807) is 12.1 Å². The molecule has 2 aromatic carbocycles. The molecule has 0 bridgehead atoms. The molecule has 0 spiro atoms. The molecule has 0 unspecified atom stereocenters. The standard InChI is InChI=1S/C27H26ClN3O3S/c1-3-34-23-10-5-4-7-18(23)25-19(14-29)27(31-21-8-6-9-22(32)26(21)25)35-15-24(33)30-17-12-11-16(2)20(28)13-17/h4-5,7,10-13,25,31H,3,6,8-9,15H2,1-2H3,(H,30,33)/t25-/m1/s1. The van der Waals surface area contributed by atoms with Crippen LogP contribution in [-0.2, 0) is 9.59 Å². The van der Waals surface area contributed by atoms with Gasteiger partial charge in [0.15, 0.2) is 5.78 Å². The van der Waals surface area contributed by atoms with Crippen LogP contribution in [0.15, 0.2) is 64.3 Å². The Morgan fingerprint density at radius 1 is 1.29 bits per heavy atom. The summed E-state index contributed by atoms with van der Waals surface area (Å²) < 4.78 is 5.85. The zero-order valence-electron chi connectivity index (χ0n) is 19.6. The molecule has 8 heteroatoms. The Morgan fingerprint density at radius 2 is 2.09 bits per heavy atom. The first-order chi connectivity index (χ1) is 16.9. The first-order valence-electron chi connectivity index (χ1n) is 11.5. The van der Waals surface area contributed by atoms with E-state index in [-0.39, 0.29) is 17.4 Å². The predicted octanol–water partition coefficient (Wildman–Crippen LogP) is 5.85. The van der Waals surface area contributed by atoms with Crippen LogP contribution in [0.1, 0.15) is 43.2 Å². The highest BCUT2D eigenvalue weighted by Gasteiger charge is 2.38. The minimum absolute atomic E-state index is 0.0424. The van der Waals surface area contributed by atoms with Gasteiger partial charge >= 0.3 is 0 Å². The number of hydrogen-bond donors (Lipinski definition) is 2. The third kappa shape index (κ3) is 5.39. The summed E-state index contributed by atoms with van der Waals surface area (Å²) in [6, 6.07) is 15.2. The molecule has 35 heavy (non-hydrogen) atoms. The molecule has 0 saturated heterocycles. The Kier molecular flexibility index (Phi) is 7.84. The third-order valence-corrected chi connectivity index (χ3v) is 7.42. The maximum Gasteiger partial charge on any atom is 0.234 e. The van der Waals surface area contributed by atoms with Crippen molar-refractivity contribution in [2.75, 3.05) is 17.7 Å². The molecule has 0 saturated carbocycles. The molecular formula is C27H26ClN3O3S. The number of benzene rings is 2. The average molecular weight is 508 g/mol. The third-order valence-electron chi connectivity index (χ3n) is 6.00. The fourth-order valence-electron chi connectivity index (χ4n) is 4.36. The van der Waals surface area contributed by atoms with Gasteiger partial charge in [0.05, 0.1) is 34.9 Å². The maximum absolute atomic E-state index is 13.0. The number of ether oxygens (including phenoxy) is 1. The fourth-order valence-corrected chi connectivity index (χ4v) is 5.40. The molecule has 1 heterocycles. The van der Waals surface area contributed by atoms with Crippen molar-refractivity contribution in [1.82, 2.24) is 5.32 Å². The normalized spacial score (nSPS) is 17.4. The number of halogens is 1. The molecule has 180 valence electrons. The van der Waals surface area contributed by atoms with Crippen LogP contribution in [0.4, 0.5) is 5.69 Å². The highest BCUT2D eigenvalue weighted by atomic mass is 35.5. The molecule has 1 aliphatic carbocycles. The number of nitrogens with zero attached hydrogens (tertiary/aromatic N) is 1. The summed E-state index contributed by atoms with van der Waals surface area (Å²) in [7, 11) is 0. The summed E-state index contributed by atoms with van der Waals surface area (Å²) in [5.74, 6) is 0.0367. The van der Waals surface area contributed by atoms with Gasteiger partial charge in [-0.1, -0.05) is 47.6 Å². The number of dihydropyridines is 1. The lowest BCUT2D eigenvalue weighted by atomic mass is 9.76. The highest BCUT2D eigenvalue weighted by molar-refractivity contribution is 8.03. The second-order valence-corrected chi connectivity index (χ2v) is 9.75. The zero-order valence-corrected chi connectivity index (χ0v) is 21.2. The molecule has 2 aromatic rings. The van der Waals surface area contributed by atoms with Gasteiger partial charge in [-0.3, -0.25) is 9.59 Å². The number of nitriles is 1. The fraction of sp³-hybridized carbons (Fsp3) is 0.296. The molecular weight excluding hydrogens is 482 g/mol. The second-order valence-electron chi connectivity index (χ2n) is 8.35. The lowest BCUT2D eigenvalue weighted by molar-refractivity contribution is -0.116. The predicted molar refractivity (Wildman–Crippen MR) is 139 cm³/mol. The van der Waals surface area contributed by atoms with Crippen LogP contribution >= 0.6 is 23.4 Å². The Bertz CT molecular complexity index is 1280. The van der Waals surface area contributed by atoms with Gasteiger partial charge in [0.25, 0.3) is 0 Å². The Balaban J connectivity index is 1.64. The summed E-state index contributed by atoms with van der Waals surface area (Å²) >= 11 is 7.42. The van der Waals surface area contributed by atoms with E-state index in [2.05, 4.69) is 16.7 Å². The number of hydrogen-bond acceptors (Lipinski definition) is 6. The SMILES string of the molecule is CCOc1ccccc1[C@@H]1C(C#N)=C(SCC(=O)Nc2ccc(C)c(Cl)c2)NC2=C1C(=O)CCC2. The first-order valence-corrected chi connectivity index (χ1v) is 12.9. The molecule has 0 radical (unpaired) electrons. The van der Waals surface area contributed by atoms with Gasteiger partial charge in [0.2, 0.25) is 5.91 Å². The van der Waals surface area contributed by atoms with E-state index in [1.165, 1.54) is 11.8 Å². The topological polar surface area (TPSA) is 91.2 Å². The van der Waals surface area contributed by atoms with Crippen LogP contribution in [0.3, 0.4) is 0 Å². The van der Waals surface area contributed by atoms with E-state index in [0.29, 0.717) is 52.1 Å². The number of allylic oxidation sites excluding steroid dienone is 3. The first kappa shape index (κ1) is 24.9. The Hall–Kier alpha value is -3.21. The number of carbonyl (C=O) groups is 2. The number of ketones is 1. The van der Waals surface area contributed by atoms with E-state index in [1.807, 2.05) is 44.2 Å². The lowest BCUT2D eigenvalue weighted by Crippen LogP contribution is -2.32. The van der Waals surface area contributed by atoms with Crippen molar-refractivity contribution in [2.24, 2.45) is 0 Å². The van der Waals surface area contributed by atoms with Gasteiger partial charge in [-0.2, -0.15) is 5.26 Å². The van der Waals surface area contributed by atoms with Crippen LogP contribution in [0.5, 0.6) is 5.75 Å². The van der Waals surface area contributed by atoms with Gasteiger partial charge in [-0.05, 0) is 50.5 Å². The summed E-state index contributed by atoms with van der Waals surface area (Å²) in [6.45, 7) is 4.27. The van der Waals surface area contributed by atoms with Gasteiger partial charge in [-0.15, -0.1) is 0 Å². The summed E-state index contributed by atoms with van der Waals surface area (Å²) in [6.07, 6.45) is 1.92. The highest BCUT2D eigenvalue weighted by Crippen LogP contribution is 2.46. The molecule has 6 nitrogen and oxygen atoms in total. The number of aryl methyl sites for hydroxylation is 1. The van der Waals surface area contributed by atoms with Crippen molar-refractivity contribution in [1.29, 1.82) is 5.26 Å². The Labute approximate surface area is 214 Å². The van der Waals surface area contributed by atoms with Crippen molar-refractivity contribution in [3.05, 3.63) is 80.5 Å². The summed E-state index contributed by atoms with van der Waals surface area (Å²) in [5.41, 5.74) is 4.20. The van der Waals surface area contributed by atoms with Crippen molar-refractivity contribution in [3.63, 3.8) is 0 Å². The van der Waals surface area contributed by atoms with Gasteiger partial charge in [0, 0.05) is 34.0 Å². The van der Waals surface area contributed by atoms with Crippen LogP contribution in [0.25, 0.3) is 0 Å². The number of amides is 1. The van der Waals surface area contributed by atoms with Crippen LogP contribution < -0.4 is 15.4 Å². The van der Waals surface area contributed by atoms with Gasteiger partial charge in [0.1, 0.15) is 5.75 Å². The van der Waals surface area contributed by atoms with Crippen molar-refractivity contribution in [3.8, 4) is 11.8 Å². The number of thioether (sulfide) groups is 1. The number of carbonyl (C=O) groups excluding carboxylic acids is 2. The minimum Gasteiger partial charge on any atom is -0.494 e. The van der Waals surface area contributed by atoms with Crippen molar-refractivity contribution in [2.45, 2.75) is 39.0 Å². The van der Waals surface area contributed by atoms with E-state index < -0.39 is 5.92 Å². The molecule has 1 aliphatic heterocycles. The number of nitrogens with one attached hydrogen (secondary N) is 2. The number of rotatable bonds is 7. The van der Waals surface area contributed by atoms with Gasteiger partial charge < -0.3 is 15.4 Å². The monoisotopic (exact) mass is 507 g/mol. The number of Topliss-reactive ketones (excluding diaryl/α,β-unsaturated/α-hetero) is 1. The van der Waals surface area contributed by atoms with E-state index in [9.17, 15) is 14.9 Å². The molecule has 1 amide bonds. The van der Waals surface area contributed by atoms with Crippen molar-refractivity contribution >= 4 is 40.7 Å². The maximum atomic E-state index is 13.0.